The van der Waals surface area contributed by atoms with Gasteiger partial charge in [-0.25, -0.2) is 8.42 Å². The van der Waals surface area contributed by atoms with Crippen LogP contribution in [0.1, 0.15) is 17.4 Å². The van der Waals surface area contributed by atoms with Gasteiger partial charge >= 0.3 is 6.18 Å². The molecule has 1 fully saturated rings. The van der Waals surface area contributed by atoms with E-state index in [4.69, 9.17) is 0 Å². The second kappa shape index (κ2) is 6.65. The van der Waals surface area contributed by atoms with Crippen LogP contribution in [0.3, 0.4) is 0 Å². The highest BCUT2D eigenvalue weighted by Gasteiger charge is 2.38. The highest BCUT2D eigenvalue weighted by Crippen LogP contribution is 2.40. The molecule has 0 radical (unpaired) electrons. The summed E-state index contributed by atoms with van der Waals surface area (Å²) < 4.78 is 62.1. The minimum atomic E-state index is -4.54. The smallest absolute Gasteiger partial charge is 0.258 e. The molecule has 1 unspecified atom stereocenters. The van der Waals surface area contributed by atoms with Crippen molar-refractivity contribution in [3.05, 3.63) is 39.9 Å². The van der Waals surface area contributed by atoms with Crippen molar-refractivity contribution in [1.82, 2.24) is 4.31 Å². The van der Waals surface area contributed by atoms with Gasteiger partial charge in [-0.1, -0.05) is 0 Å². The highest BCUT2D eigenvalue weighted by molar-refractivity contribution is 8.00. The molecule has 1 aromatic carbocycles. The van der Waals surface area contributed by atoms with Crippen molar-refractivity contribution < 1.29 is 26.5 Å². The fourth-order valence-electron chi connectivity index (χ4n) is 2.12. The second-order valence-corrected chi connectivity index (χ2v) is 8.09. The Morgan fingerprint density at radius 1 is 1.30 bits per heavy atom. The quantitative estimate of drug-likeness (QED) is 0.588. The van der Waals surface area contributed by atoms with Gasteiger partial charge in [-0.05, 0) is 17.7 Å². The van der Waals surface area contributed by atoms with Crippen LogP contribution in [-0.4, -0.2) is 41.9 Å². The Labute approximate surface area is 134 Å². The lowest BCUT2D eigenvalue weighted by molar-refractivity contribution is -0.384. The van der Waals surface area contributed by atoms with E-state index in [1.807, 2.05) is 0 Å². The Morgan fingerprint density at radius 3 is 2.43 bits per heavy atom. The van der Waals surface area contributed by atoms with Gasteiger partial charge in [-0.15, -0.1) is 11.8 Å². The minimum Gasteiger partial charge on any atom is -0.258 e. The third kappa shape index (κ3) is 4.58. The molecule has 2 rings (SSSR count). The van der Waals surface area contributed by atoms with Crippen LogP contribution in [0.5, 0.6) is 0 Å². The summed E-state index contributed by atoms with van der Waals surface area (Å²) in [5.74, 6) is -0.548. The zero-order chi connectivity index (χ0) is 17.3. The first-order chi connectivity index (χ1) is 10.6. The zero-order valence-corrected chi connectivity index (χ0v) is 13.3. The molecule has 0 bridgehead atoms. The molecule has 0 aliphatic carbocycles. The number of hydrogen-bond acceptors (Lipinski definition) is 5. The van der Waals surface area contributed by atoms with E-state index >= 15 is 0 Å². The van der Waals surface area contributed by atoms with Crippen LogP contribution in [-0.2, 0) is 10.0 Å². The van der Waals surface area contributed by atoms with Gasteiger partial charge in [0.15, 0.2) is 0 Å². The number of rotatable bonds is 5. The maximum Gasteiger partial charge on any atom is 0.390 e. The van der Waals surface area contributed by atoms with E-state index < -0.39 is 38.7 Å². The van der Waals surface area contributed by atoms with Gasteiger partial charge < -0.3 is 0 Å². The first kappa shape index (κ1) is 18.0. The first-order valence-electron chi connectivity index (χ1n) is 6.52. The SMILES string of the molecule is O=[N+]([O-])c1ccc(C2SCCN2S(=O)(=O)CCC(F)(F)F)cc1. The Bertz CT molecular complexity index is 677. The zero-order valence-electron chi connectivity index (χ0n) is 11.7. The molecular formula is C12H13F3N2O4S2. The maximum absolute atomic E-state index is 12.3. The normalized spacial score (nSPS) is 19.9. The summed E-state index contributed by atoms with van der Waals surface area (Å²) in [6, 6.07) is 5.34. The number of alkyl halides is 3. The molecule has 11 heteroatoms. The van der Waals surface area contributed by atoms with Crippen molar-refractivity contribution in [1.29, 1.82) is 0 Å². The molecular weight excluding hydrogens is 357 g/mol. The molecule has 1 aromatic rings. The van der Waals surface area contributed by atoms with E-state index in [1.54, 1.807) is 0 Å². The monoisotopic (exact) mass is 370 g/mol. The van der Waals surface area contributed by atoms with Gasteiger partial charge in [-0.2, -0.15) is 17.5 Å². The van der Waals surface area contributed by atoms with Gasteiger partial charge in [-0.3, -0.25) is 10.1 Å². The molecule has 0 saturated carbocycles. The molecule has 23 heavy (non-hydrogen) atoms. The predicted octanol–water partition coefficient (Wildman–Crippen LogP) is 2.92. The first-order valence-corrected chi connectivity index (χ1v) is 9.18. The summed E-state index contributed by atoms with van der Waals surface area (Å²) in [6.45, 7) is 0.118. The average Bonchev–Trinajstić information content (AvgIpc) is 2.95. The lowest BCUT2D eigenvalue weighted by atomic mass is 10.2. The number of halogens is 3. The fourth-order valence-corrected chi connectivity index (χ4v) is 5.47. The van der Waals surface area contributed by atoms with Crippen LogP contribution < -0.4 is 0 Å². The summed E-state index contributed by atoms with van der Waals surface area (Å²) in [7, 11) is -4.06. The maximum atomic E-state index is 12.3. The number of benzene rings is 1. The number of nitro groups is 1. The standard InChI is InChI=1S/C12H13F3N2O4S2/c13-12(14,15)5-8-23(20,21)16-6-7-22-11(16)9-1-3-10(4-2-9)17(18)19/h1-4,11H,5-8H2. The Morgan fingerprint density at radius 2 is 1.91 bits per heavy atom. The van der Waals surface area contributed by atoms with E-state index in [-0.39, 0.29) is 12.2 Å². The molecule has 1 saturated heterocycles. The van der Waals surface area contributed by atoms with Crippen molar-refractivity contribution in [2.75, 3.05) is 18.1 Å². The molecule has 0 spiro atoms. The van der Waals surface area contributed by atoms with Gasteiger partial charge in [0.1, 0.15) is 0 Å². The summed E-state index contributed by atoms with van der Waals surface area (Å²) in [5, 5.41) is 9.97. The van der Waals surface area contributed by atoms with E-state index in [2.05, 4.69) is 0 Å². The van der Waals surface area contributed by atoms with Crippen LogP contribution in [0, 0.1) is 10.1 Å². The molecule has 0 amide bonds. The topological polar surface area (TPSA) is 80.5 Å². The molecule has 1 atom stereocenters. The minimum absolute atomic E-state index is 0.118. The average molecular weight is 370 g/mol. The van der Waals surface area contributed by atoms with Crippen LogP contribution in [0.4, 0.5) is 18.9 Å². The second-order valence-electron chi connectivity index (χ2n) is 4.86. The van der Waals surface area contributed by atoms with Crippen molar-refractivity contribution in [2.45, 2.75) is 18.0 Å². The fraction of sp³-hybridized carbons (Fsp3) is 0.500. The largest absolute Gasteiger partial charge is 0.390 e. The lowest BCUT2D eigenvalue weighted by Gasteiger charge is -2.23. The van der Waals surface area contributed by atoms with Crippen LogP contribution in [0.25, 0.3) is 0 Å². The molecule has 1 aliphatic rings. The van der Waals surface area contributed by atoms with E-state index in [9.17, 15) is 31.7 Å². The number of nitro benzene ring substituents is 1. The molecule has 128 valence electrons. The van der Waals surface area contributed by atoms with E-state index in [1.165, 1.54) is 36.0 Å². The van der Waals surface area contributed by atoms with Crippen molar-refractivity contribution in [3.63, 3.8) is 0 Å². The number of hydrogen-bond donors (Lipinski definition) is 0. The molecule has 1 aliphatic heterocycles. The van der Waals surface area contributed by atoms with Crippen molar-refractivity contribution in [2.24, 2.45) is 0 Å². The number of thioether (sulfide) groups is 1. The Hall–Kier alpha value is -1.33. The number of nitrogens with zero attached hydrogens (tertiary/aromatic N) is 2. The van der Waals surface area contributed by atoms with Gasteiger partial charge in [0.05, 0.1) is 22.5 Å². The van der Waals surface area contributed by atoms with Crippen molar-refractivity contribution >= 4 is 27.5 Å². The summed E-state index contributed by atoms with van der Waals surface area (Å²) in [4.78, 5) is 10.0. The molecule has 6 nitrogen and oxygen atoms in total. The lowest BCUT2D eigenvalue weighted by Crippen LogP contribution is -2.34. The van der Waals surface area contributed by atoms with Gasteiger partial charge in [0, 0.05) is 24.4 Å². The molecule has 1 heterocycles. The van der Waals surface area contributed by atoms with Crippen LogP contribution in [0.2, 0.25) is 0 Å². The van der Waals surface area contributed by atoms with Crippen molar-refractivity contribution in [3.8, 4) is 0 Å². The number of sulfonamides is 1. The Kier molecular flexibility index (Phi) is 5.21. The predicted molar refractivity (Wildman–Crippen MR) is 79.5 cm³/mol. The van der Waals surface area contributed by atoms with Crippen LogP contribution in [0.15, 0.2) is 24.3 Å². The highest BCUT2D eigenvalue weighted by atomic mass is 32.2. The third-order valence-corrected chi connectivity index (χ3v) is 6.46. The number of non-ortho nitro benzene ring substituents is 1. The molecule has 0 N–H and O–H groups in total. The van der Waals surface area contributed by atoms with Gasteiger partial charge in [0.25, 0.3) is 5.69 Å². The van der Waals surface area contributed by atoms with E-state index in [0.29, 0.717) is 11.3 Å². The van der Waals surface area contributed by atoms with Crippen LogP contribution >= 0.6 is 11.8 Å². The molecule has 0 aromatic heterocycles. The third-order valence-electron chi connectivity index (χ3n) is 3.24. The summed E-state index contributed by atoms with van der Waals surface area (Å²) in [5.41, 5.74) is 0.372. The Balaban J connectivity index is 2.17. The van der Waals surface area contributed by atoms with E-state index in [0.717, 1.165) is 4.31 Å². The summed E-state index contributed by atoms with van der Waals surface area (Å²) in [6.07, 6.45) is -5.94. The summed E-state index contributed by atoms with van der Waals surface area (Å²) >= 11 is 1.27. The van der Waals surface area contributed by atoms with Gasteiger partial charge in [0.2, 0.25) is 10.0 Å².